The van der Waals surface area contributed by atoms with Crippen molar-refractivity contribution in [2.75, 3.05) is 19.7 Å². The second-order valence-electron chi connectivity index (χ2n) is 8.71. The highest BCUT2D eigenvalue weighted by molar-refractivity contribution is 5.74. The Kier molecular flexibility index (Phi) is 6.68. The topological polar surface area (TPSA) is 66.5 Å². The zero-order chi connectivity index (χ0) is 19.2. The summed E-state index contributed by atoms with van der Waals surface area (Å²) in [6, 6.07) is 4.77. The van der Waals surface area contributed by atoms with E-state index in [9.17, 15) is 4.79 Å². The van der Waals surface area contributed by atoms with Gasteiger partial charge in [0, 0.05) is 37.4 Å². The molecule has 2 saturated carbocycles. The van der Waals surface area contributed by atoms with Crippen LogP contribution in [-0.2, 0) is 6.54 Å². The third-order valence-electron chi connectivity index (χ3n) is 6.29. The largest absolute Gasteiger partial charge is 0.477 e. The quantitative estimate of drug-likeness (QED) is 0.753. The number of hydrogen-bond acceptors (Lipinski definition) is 4. The number of urea groups is 1. The van der Waals surface area contributed by atoms with Gasteiger partial charge in [0.05, 0.1) is 6.61 Å². The first kappa shape index (κ1) is 19.5. The molecule has 3 aliphatic rings. The summed E-state index contributed by atoms with van der Waals surface area (Å²) in [7, 11) is 0. The Morgan fingerprint density at radius 2 is 1.96 bits per heavy atom. The minimum absolute atomic E-state index is 0.0791. The number of aromatic nitrogens is 1. The highest BCUT2D eigenvalue weighted by Crippen LogP contribution is 2.29. The number of amides is 2. The number of nitrogens with one attached hydrogen (secondary N) is 2. The molecule has 1 unspecified atom stereocenters. The average Bonchev–Trinajstić information content (AvgIpc) is 3.57. The molecule has 0 bridgehead atoms. The van der Waals surface area contributed by atoms with Gasteiger partial charge in [0.1, 0.15) is 0 Å². The van der Waals surface area contributed by atoms with Gasteiger partial charge in [-0.3, -0.25) is 4.90 Å². The van der Waals surface area contributed by atoms with Crippen LogP contribution in [-0.4, -0.2) is 47.7 Å². The normalized spacial score (nSPS) is 23.9. The van der Waals surface area contributed by atoms with E-state index in [1.807, 2.05) is 12.1 Å². The standard InChI is InChI=1S/C22H34N4O2/c27-22(24-14-18-10-11-21(23-13-18)28-16-17-8-9-17)25-19-5-4-12-26(15-19)20-6-2-1-3-7-20/h10-11,13,17,19-20H,1-9,12,14-16H2,(H2,24,25,27). The molecule has 0 radical (unpaired) electrons. The van der Waals surface area contributed by atoms with Crippen molar-refractivity contribution in [1.82, 2.24) is 20.5 Å². The van der Waals surface area contributed by atoms with Gasteiger partial charge in [0.2, 0.25) is 5.88 Å². The summed E-state index contributed by atoms with van der Waals surface area (Å²) in [6.07, 6.45) is 13.3. The van der Waals surface area contributed by atoms with Crippen LogP contribution in [0.25, 0.3) is 0 Å². The third-order valence-corrected chi connectivity index (χ3v) is 6.29. The molecule has 0 aromatic carbocycles. The zero-order valence-corrected chi connectivity index (χ0v) is 16.9. The van der Waals surface area contributed by atoms with Crippen LogP contribution >= 0.6 is 0 Å². The van der Waals surface area contributed by atoms with Crippen LogP contribution < -0.4 is 15.4 Å². The molecule has 2 N–H and O–H groups in total. The van der Waals surface area contributed by atoms with E-state index >= 15 is 0 Å². The maximum Gasteiger partial charge on any atom is 0.315 e. The summed E-state index contributed by atoms with van der Waals surface area (Å²) in [5.74, 6) is 1.39. The molecule has 1 aliphatic heterocycles. The summed E-state index contributed by atoms with van der Waals surface area (Å²) >= 11 is 0. The SMILES string of the molecule is O=C(NCc1ccc(OCC2CC2)nc1)NC1CCCN(C2CCCCC2)C1. The van der Waals surface area contributed by atoms with E-state index in [0.29, 0.717) is 12.4 Å². The van der Waals surface area contributed by atoms with Crippen molar-refractivity contribution in [3.05, 3.63) is 23.9 Å². The van der Waals surface area contributed by atoms with Gasteiger partial charge < -0.3 is 15.4 Å². The van der Waals surface area contributed by atoms with Crippen molar-refractivity contribution >= 4 is 6.03 Å². The predicted molar refractivity (Wildman–Crippen MR) is 109 cm³/mol. The van der Waals surface area contributed by atoms with E-state index < -0.39 is 0 Å². The summed E-state index contributed by atoms with van der Waals surface area (Å²) in [5.41, 5.74) is 0.987. The van der Waals surface area contributed by atoms with Crippen molar-refractivity contribution < 1.29 is 9.53 Å². The molecule has 1 aromatic heterocycles. The number of nitrogens with zero attached hydrogens (tertiary/aromatic N) is 2. The molecule has 1 saturated heterocycles. The predicted octanol–water partition coefficient (Wildman–Crippen LogP) is 3.47. The number of rotatable bonds is 7. The summed E-state index contributed by atoms with van der Waals surface area (Å²) in [6.45, 7) is 3.44. The first-order valence-corrected chi connectivity index (χ1v) is 11.1. The lowest BCUT2D eigenvalue weighted by Gasteiger charge is -2.40. The van der Waals surface area contributed by atoms with Gasteiger partial charge in [0.15, 0.2) is 0 Å². The van der Waals surface area contributed by atoms with E-state index in [0.717, 1.165) is 37.1 Å². The highest BCUT2D eigenvalue weighted by atomic mass is 16.5. The Morgan fingerprint density at radius 3 is 2.71 bits per heavy atom. The smallest absolute Gasteiger partial charge is 0.315 e. The molecular weight excluding hydrogens is 352 g/mol. The molecule has 4 rings (SSSR count). The molecule has 154 valence electrons. The fraction of sp³-hybridized carbons (Fsp3) is 0.727. The van der Waals surface area contributed by atoms with E-state index in [4.69, 9.17) is 4.74 Å². The molecule has 2 aliphatic carbocycles. The monoisotopic (exact) mass is 386 g/mol. The van der Waals surface area contributed by atoms with Gasteiger partial charge in [-0.05, 0) is 56.6 Å². The fourth-order valence-electron chi connectivity index (χ4n) is 4.41. The Balaban J connectivity index is 1.17. The van der Waals surface area contributed by atoms with Gasteiger partial charge in [-0.1, -0.05) is 25.3 Å². The minimum Gasteiger partial charge on any atom is -0.477 e. The Hall–Kier alpha value is -1.82. The number of piperidine rings is 1. The average molecular weight is 387 g/mol. The number of hydrogen-bond donors (Lipinski definition) is 2. The summed E-state index contributed by atoms with van der Waals surface area (Å²) in [4.78, 5) is 19.3. The summed E-state index contributed by atoms with van der Waals surface area (Å²) < 4.78 is 5.66. The maximum absolute atomic E-state index is 12.3. The summed E-state index contributed by atoms with van der Waals surface area (Å²) in [5, 5.41) is 6.14. The lowest BCUT2D eigenvalue weighted by Crippen LogP contribution is -2.53. The van der Waals surface area contributed by atoms with Gasteiger partial charge in [0.25, 0.3) is 0 Å². The Morgan fingerprint density at radius 1 is 1.11 bits per heavy atom. The van der Waals surface area contributed by atoms with Crippen molar-refractivity contribution in [3.8, 4) is 5.88 Å². The van der Waals surface area contributed by atoms with E-state index in [-0.39, 0.29) is 12.1 Å². The molecule has 1 aromatic rings. The number of ether oxygens (including phenoxy) is 1. The second kappa shape index (κ2) is 9.59. The van der Waals surface area contributed by atoms with E-state index in [2.05, 4.69) is 20.5 Å². The van der Waals surface area contributed by atoms with Crippen LogP contribution in [0.5, 0.6) is 5.88 Å². The lowest BCUT2D eigenvalue weighted by molar-refractivity contribution is 0.112. The molecule has 1 atom stereocenters. The molecule has 0 spiro atoms. The van der Waals surface area contributed by atoms with Gasteiger partial charge in [-0.25, -0.2) is 9.78 Å². The van der Waals surface area contributed by atoms with Crippen molar-refractivity contribution in [2.24, 2.45) is 5.92 Å². The molecule has 3 fully saturated rings. The van der Waals surface area contributed by atoms with Gasteiger partial charge in [-0.15, -0.1) is 0 Å². The van der Waals surface area contributed by atoms with Crippen LogP contribution in [0.2, 0.25) is 0 Å². The van der Waals surface area contributed by atoms with Crippen LogP contribution in [0.15, 0.2) is 18.3 Å². The van der Waals surface area contributed by atoms with Crippen LogP contribution in [0.3, 0.4) is 0 Å². The number of carbonyl (C=O) groups excluding carboxylic acids is 1. The van der Waals surface area contributed by atoms with Gasteiger partial charge in [-0.2, -0.15) is 0 Å². The van der Waals surface area contributed by atoms with Crippen molar-refractivity contribution in [3.63, 3.8) is 0 Å². The fourth-order valence-corrected chi connectivity index (χ4v) is 4.41. The van der Waals surface area contributed by atoms with E-state index in [1.54, 1.807) is 6.20 Å². The molecular formula is C22H34N4O2. The van der Waals surface area contributed by atoms with Crippen LogP contribution in [0.4, 0.5) is 4.79 Å². The maximum atomic E-state index is 12.3. The highest BCUT2D eigenvalue weighted by Gasteiger charge is 2.27. The van der Waals surface area contributed by atoms with Crippen LogP contribution in [0, 0.1) is 5.92 Å². The van der Waals surface area contributed by atoms with E-state index in [1.165, 1.54) is 57.9 Å². The zero-order valence-electron chi connectivity index (χ0n) is 16.9. The minimum atomic E-state index is -0.0791. The first-order chi connectivity index (χ1) is 13.8. The molecule has 6 nitrogen and oxygen atoms in total. The third kappa shape index (κ3) is 5.84. The number of pyridine rings is 1. The second-order valence-corrected chi connectivity index (χ2v) is 8.71. The van der Waals surface area contributed by atoms with Crippen molar-refractivity contribution in [2.45, 2.75) is 76.4 Å². The Labute approximate surface area is 168 Å². The molecule has 2 heterocycles. The molecule has 2 amide bonds. The van der Waals surface area contributed by atoms with Crippen LogP contribution in [0.1, 0.15) is 63.4 Å². The van der Waals surface area contributed by atoms with Crippen molar-refractivity contribution in [1.29, 1.82) is 0 Å². The molecule has 6 heteroatoms. The van der Waals surface area contributed by atoms with Gasteiger partial charge >= 0.3 is 6.03 Å². The number of likely N-dealkylation sites (tertiary alicyclic amines) is 1. The first-order valence-electron chi connectivity index (χ1n) is 11.1. The Bertz CT molecular complexity index is 626. The molecule has 28 heavy (non-hydrogen) atoms. The number of carbonyl (C=O) groups is 1. The lowest BCUT2D eigenvalue weighted by atomic mass is 9.92.